The summed E-state index contributed by atoms with van der Waals surface area (Å²) in [6, 6.07) is 0.594. The van der Waals surface area contributed by atoms with Gasteiger partial charge in [0.05, 0.1) is 12.8 Å². The predicted octanol–water partition coefficient (Wildman–Crippen LogP) is 1.86. The second-order valence-corrected chi connectivity index (χ2v) is 3.74. The van der Waals surface area contributed by atoms with Crippen molar-refractivity contribution in [2.24, 2.45) is 0 Å². The molecule has 1 aliphatic heterocycles. The van der Waals surface area contributed by atoms with E-state index in [4.69, 9.17) is 0 Å². The van der Waals surface area contributed by atoms with E-state index in [0.29, 0.717) is 19.0 Å². The highest BCUT2D eigenvalue weighted by Crippen LogP contribution is 2.30. The van der Waals surface area contributed by atoms with Crippen LogP contribution in [0, 0.1) is 17.5 Å². The second-order valence-electron chi connectivity index (χ2n) is 3.74. The summed E-state index contributed by atoms with van der Waals surface area (Å²) < 4.78 is 43.7. The van der Waals surface area contributed by atoms with Gasteiger partial charge in [0, 0.05) is 18.7 Å². The van der Waals surface area contributed by atoms with Crippen LogP contribution in [-0.4, -0.2) is 25.7 Å². The van der Waals surface area contributed by atoms with Crippen molar-refractivity contribution in [1.82, 2.24) is 0 Å². The Labute approximate surface area is 95.8 Å². The molecule has 0 aliphatic carbocycles. The highest BCUT2D eigenvalue weighted by Gasteiger charge is 2.36. The number of esters is 1. The van der Waals surface area contributed by atoms with Crippen molar-refractivity contribution in [3.63, 3.8) is 0 Å². The number of anilines is 1. The Balaban J connectivity index is 2.29. The molecule has 1 fully saturated rings. The van der Waals surface area contributed by atoms with Crippen LogP contribution in [0.15, 0.2) is 12.1 Å². The van der Waals surface area contributed by atoms with Crippen molar-refractivity contribution in [3.8, 4) is 0 Å². The monoisotopic (exact) mass is 245 g/mol. The molecular weight excluding hydrogens is 235 g/mol. The zero-order chi connectivity index (χ0) is 12.6. The molecule has 1 saturated heterocycles. The highest BCUT2D eigenvalue weighted by molar-refractivity contribution is 5.82. The zero-order valence-electron chi connectivity index (χ0n) is 9.04. The molecule has 0 saturated carbocycles. The van der Waals surface area contributed by atoms with Crippen LogP contribution >= 0.6 is 0 Å². The van der Waals surface area contributed by atoms with Crippen LogP contribution in [0.25, 0.3) is 0 Å². The van der Waals surface area contributed by atoms with E-state index in [1.165, 1.54) is 12.0 Å². The lowest BCUT2D eigenvalue weighted by Crippen LogP contribution is -2.53. The molecule has 0 bridgehead atoms. The summed E-state index contributed by atoms with van der Waals surface area (Å²) in [7, 11) is 1.22. The molecule has 0 aromatic heterocycles. The predicted molar refractivity (Wildman–Crippen MR) is 54.1 cm³/mol. The number of nitrogens with zero attached hydrogens (tertiary/aromatic N) is 1. The van der Waals surface area contributed by atoms with Crippen LogP contribution in [0.5, 0.6) is 0 Å². The molecule has 1 heterocycles. The third-order valence-corrected chi connectivity index (χ3v) is 2.79. The Morgan fingerprint density at radius 3 is 2.47 bits per heavy atom. The number of halogens is 3. The van der Waals surface area contributed by atoms with E-state index in [1.807, 2.05) is 0 Å². The van der Waals surface area contributed by atoms with Crippen LogP contribution < -0.4 is 4.90 Å². The average Bonchev–Trinajstić information content (AvgIpc) is 2.24. The first-order valence-corrected chi connectivity index (χ1v) is 5.03. The van der Waals surface area contributed by atoms with E-state index in [2.05, 4.69) is 4.74 Å². The van der Waals surface area contributed by atoms with E-state index in [-0.39, 0.29) is 5.69 Å². The first-order valence-electron chi connectivity index (χ1n) is 5.03. The topological polar surface area (TPSA) is 29.5 Å². The summed E-state index contributed by atoms with van der Waals surface area (Å²) in [5, 5.41) is 0. The van der Waals surface area contributed by atoms with Gasteiger partial charge in [-0.15, -0.1) is 0 Å². The average molecular weight is 245 g/mol. The largest absolute Gasteiger partial charge is 0.467 e. The normalized spacial score (nSPS) is 18.8. The number of hydrogen-bond acceptors (Lipinski definition) is 3. The summed E-state index contributed by atoms with van der Waals surface area (Å²) in [6.07, 6.45) is 0.505. The van der Waals surface area contributed by atoms with Gasteiger partial charge >= 0.3 is 5.97 Å². The Hall–Kier alpha value is -1.72. The van der Waals surface area contributed by atoms with Gasteiger partial charge in [0.1, 0.15) is 11.9 Å². The van der Waals surface area contributed by atoms with E-state index in [9.17, 15) is 18.0 Å². The van der Waals surface area contributed by atoms with Gasteiger partial charge in [-0.2, -0.15) is 0 Å². The number of carbonyl (C=O) groups excluding carboxylic acids is 1. The van der Waals surface area contributed by atoms with Crippen LogP contribution in [0.1, 0.15) is 6.42 Å². The summed E-state index contributed by atoms with van der Waals surface area (Å²) in [5.41, 5.74) is -0.120. The summed E-state index contributed by atoms with van der Waals surface area (Å²) in [6.45, 7) is 0.405. The zero-order valence-corrected chi connectivity index (χ0v) is 9.04. The molecule has 1 aromatic carbocycles. The smallest absolute Gasteiger partial charge is 0.328 e. The maximum Gasteiger partial charge on any atom is 0.328 e. The third-order valence-electron chi connectivity index (χ3n) is 2.79. The number of hydrogen-bond donors (Lipinski definition) is 0. The van der Waals surface area contributed by atoms with Crippen molar-refractivity contribution in [1.29, 1.82) is 0 Å². The minimum absolute atomic E-state index is 0.120. The lowest BCUT2D eigenvalue weighted by Gasteiger charge is -2.40. The molecular formula is C11H10F3NO2. The maximum atomic E-state index is 13.4. The van der Waals surface area contributed by atoms with Gasteiger partial charge in [0.2, 0.25) is 0 Å². The number of carbonyl (C=O) groups is 1. The lowest BCUT2D eigenvalue weighted by molar-refractivity contribution is -0.143. The van der Waals surface area contributed by atoms with Gasteiger partial charge in [-0.3, -0.25) is 0 Å². The molecule has 92 valence electrons. The molecule has 0 N–H and O–H groups in total. The lowest BCUT2D eigenvalue weighted by atomic mass is 10.0. The maximum absolute atomic E-state index is 13.4. The molecule has 1 atom stereocenters. The van der Waals surface area contributed by atoms with Gasteiger partial charge in [-0.05, 0) is 6.42 Å². The van der Waals surface area contributed by atoms with Crippen LogP contribution in [0.2, 0.25) is 0 Å². The molecule has 3 nitrogen and oxygen atoms in total. The molecule has 1 aromatic rings. The fourth-order valence-corrected chi connectivity index (χ4v) is 1.79. The molecule has 1 unspecified atom stereocenters. The number of ether oxygens (including phenoxy) is 1. The quantitative estimate of drug-likeness (QED) is 0.588. The van der Waals surface area contributed by atoms with Crippen molar-refractivity contribution >= 4 is 11.7 Å². The number of benzene rings is 1. The molecule has 2 rings (SSSR count). The minimum Gasteiger partial charge on any atom is -0.467 e. The molecule has 0 amide bonds. The van der Waals surface area contributed by atoms with Crippen LogP contribution in [0.3, 0.4) is 0 Å². The second kappa shape index (κ2) is 4.27. The van der Waals surface area contributed by atoms with Gasteiger partial charge in [-0.25, -0.2) is 18.0 Å². The Morgan fingerprint density at radius 1 is 1.29 bits per heavy atom. The van der Waals surface area contributed by atoms with Crippen LogP contribution in [0.4, 0.5) is 18.9 Å². The summed E-state index contributed by atoms with van der Waals surface area (Å²) in [4.78, 5) is 12.6. The molecule has 17 heavy (non-hydrogen) atoms. The van der Waals surface area contributed by atoms with E-state index in [0.717, 1.165) is 6.07 Å². The summed E-state index contributed by atoms with van der Waals surface area (Å²) >= 11 is 0. The first kappa shape index (κ1) is 11.8. The molecule has 0 radical (unpaired) electrons. The fraction of sp³-hybridized carbons (Fsp3) is 0.364. The van der Waals surface area contributed by atoms with Crippen molar-refractivity contribution < 1.29 is 22.7 Å². The third kappa shape index (κ3) is 1.94. The minimum atomic E-state index is -1.25. The van der Waals surface area contributed by atoms with Crippen molar-refractivity contribution in [2.75, 3.05) is 18.6 Å². The Bertz CT molecular complexity index is 464. The molecule has 0 spiro atoms. The fourth-order valence-electron chi connectivity index (χ4n) is 1.79. The van der Waals surface area contributed by atoms with E-state index in [1.54, 1.807) is 0 Å². The van der Waals surface area contributed by atoms with Gasteiger partial charge in [-0.1, -0.05) is 0 Å². The number of methoxy groups -OCH3 is 1. The van der Waals surface area contributed by atoms with Gasteiger partial charge < -0.3 is 9.64 Å². The number of rotatable bonds is 2. The van der Waals surface area contributed by atoms with Gasteiger partial charge in [0.15, 0.2) is 11.6 Å². The van der Waals surface area contributed by atoms with Crippen LogP contribution in [-0.2, 0) is 9.53 Å². The summed E-state index contributed by atoms with van der Waals surface area (Å²) in [5.74, 6) is -3.80. The van der Waals surface area contributed by atoms with E-state index < -0.39 is 29.5 Å². The van der Waals surface area contributed by atoms with Crippen molar-refractivity contribution in [3.05, 3.63) is 29.6 Å². The van der Waals surface area contributed by atoms with Gasteiger partial charge in [0.25, 0.3) is 0 Å². The first-order chi connectivity index (χ1) is 8.04. The standard InChI is InChI=1S/C11H10F3NO2/c1-17-11(16)9-2-3-15(9)10-5-7(13)6(12)4-8(10)14/h4-5,9H,2-3H2,1H3. The SMILES string of the molecule is COC(=O)C1CCN1c1cc(F)c(F)cc1F. The van der Waals surface area contributed by atoms with E-state index >= 15 is 0 Å². The Morgan fingerprint density at radius 2 is 1.94 bits per heavy atom. The van der Waals surface area contributed by atoms with Crippen molar-refractivity contribution in [2.45, 2.75) is 12.5 Å². The highest BCUT2D eigenvalue weighted by atomic mass is 19.2. The molecule has 6 heteroatoms. The molecule has 1 aliphatic rings. The Kier molecular flexibility index (Phi) is 2.95.